The number of aromatic amines is 1. The van der Waals surface area contributed by atoms with Crippen LogP contribution in [0.25, 0.3) is 0 Å². The number of amides is 1. The van der Waals surface area contributed by atoms with E-state index in [1.165, 1.54) is 0 Å². The van der Waals surface area contributed by atoms with Gasteiger partial charge in [0.25, 0.3) is 5.91 Å². The maximum atomic E-state index is 12.6. The zero-order chi connectivity index (χ0) is 20.3. The Kier molecular flexibility index (Phi) is 5.67. The van der Waals surface area contributed by atoms with Crippen molar-refractivity contribution < 1.29 is 14.3 Å². The number of benzene rings is 1. The van der Waals surface area contributed by atoms with Crippen molar-refractivity contribution in [3.8, 4) is 11.5 Å². The fraction of sp³-hybridized carbons (Fsp3) is 0.350. The molecule has 3 aromatic rings. The predicted molar refractivity (Wildman–Crippen MR) is 104 cm³/mol. The summed E-state index contributed by atoms with van der Waals surface area (Å²) in [7, 11) is 3.50. The molecule has 8 nitrogen and oxygen atoms in total. The first-order chi connectivity index (χ1) is 13.4. The molecule has 0 radical (unpaired) electrons. The monoisotopic (exact) mass is 383 g/mol. The molecule has 0 bridgehead atoms. The number of hydrogen-bond acceptors (Lipinski definition) is 5. The van der Waals surface area contributed by atoms with E-state index in [0.717, 1.165) is 22.7 Å². The molecule has 0 fully saturated rings. The molecule has 3 rings (SSSR count). The smallest absolute Gasteiger partial charge is 0.272 e. The Bertz CT molecular complexity index is 976. The highest BCUT2D eigenvalue weighted by atomic mass is 16.5. The third-order valence-electron chi connectivity index (χ3n) is 4.64. The van der Waals surface area contributed by atoms with Gasteiger partial charge in [0.2, 0.25) is 0 Å². The molecule has 0 aliphatic heterocycles. The average Bonchev–Trinajstić information content (AvgIpc) is 3.24. The zero-order valence-corrected chi connectivity index (χ0v) is 16.7. The number of nitrogens with one attached hydrogen (secondary N) is 2. The minimum Gasteiger partial charge on any atom is -0.497 e. The third kappa shape index (κ3) is 4.16. The predicted octanol–water partition coefficient (Wildman–Crippen LogP) is 2.84. The Morgan fingerprint density at radius 2 is 2.04 bits per heavy atom. The molecule has 8 heteroatoms. The quantitative estimate of drug-likeness (QED) is 0.654. The molecular formula is C20H25N5O3. The summed E-state index contributed by atoms with van der Waals surface area (Å²) in [4.78, 5) is 12.6. The number of methoxy groups -OCH3 is 1. The van der Waals surface area contributed by atoms with Crippen LogP contribution in [0.4, 0.5) is 0 Å². The van der Waals surface area contributed by atoms with Gasteiger partial charge in [-0.05, 0) is 39.0 Å². The molecule has 0 aliphatic rings. The zero-order valence-electron chi connectivity index (χ0n) is 16.7. The van der Waals surface area contributed by atoms with Gasteiger partial charge in [-0.3, -0.25) is 14.6 Å². The SMILES string of the molecule is COc1cccc(OCc2cc(C(=O)N[C@@H](C)c3c(C)nn(C)c3C)n[nH]2)c1. The fourth-order valence-electron chi connectivity index (χ4n) is 3.16. The van der Waals surface area contributed by atoms with Gasteiger partial charge in [0.05, 0.1) is 24.5 Å². The number of hydrogen-bond donors (Lipinski definition) is 2. The minimum absolute atomic E-state index is 0.172. The molecule has 0 aliphatic carbocycles. The van der Waals surface area contributed by atoms with E-state index in [1.807, 2.05) is 50.7 Å². The van der Waals surface area contributed by atoms with Gasteiger partial charge in [0.1, 0.15) is 23.8 Å². The van der Waals surface area contributed by atoms with E-state index < -0.39 is 0 Å². The van der Waals surface area contributed by atoms with Crippen molar-refractivity contribution in [2.45, 2.75) is 33.4 Å². The lowest BCUT2D eigenvalue weighted by Crippen LogP contribution is -2.27. The first-order valence-corrected chi connectivity index (χ1v) is 9.01. The number of carbonyl (C=O) groups is 1. The molecule has 148 valence electrons. The summed E-state index contributed by atoms with van der Waals surface area (Å²) in [5.74, 6) is 1.15. The van der Waals surface area contributed by atoms with E-state index in [1.54, 1.807) is 19.2 Å². The third-order valence-corrected chi connectivity index (χ3v) is 4.64. The average molecular weight is 383 g/mol. The van der Waals surface area contributed by atoms with Crippen LogP contribution in [0.3, 0.4) is 0 Å². The van der Waals surface area contributed by atoms with Gasteiger partial charge in [-0.2, -0.15) is 10.2 Å². The second-order valence-electron chi connectivity index (χ2n) is 6.65. The van der Waals surface area contributed by atoms with Gasteiger partial charge >= 0.3 is 0 Å². The first-order valence-electron chi connectivity index (χ1n) is 9.01. The van der Waals surface area contributed by atoms with Gasteiger partial charge < -0.3 is 14.8 Å². The summed E-state index contributed by atoms with van der Waals surface area (Å²) < 4.78 is 12.7. The standard InChI is InChI=1S/C20H25N5O3/c1-12(19-13(2)24-25(4)14(19)3)21-20(26)18-9-15(22-23-18)11-28-17-8-6-7-16(10-17)27-5/h6-10,12H,11H2,1-5H3,(H,21,26)(H,22,23)/t12-/m0/s1. The topological polar surface area (TPSA) is 94.1 Å². The molecular weight excluding hydrogens is 358 g/mol. The van der Waals surface area contributed by atoms with Crippen LogP contribution in [0.2, 0.25) is 0 Å². The number of rotatable bonds is 7. The molecule has 2 aromatic heterocycles. The summed E-state index contributed by atoms with van der Waals surface area (Å²) >= 11 is 0. The van der Waals surface area contributed by atoms with E-state index in [-0.39, 0.29) is 18.6 Å². The van der Waals surface area contributed by atoms with Gasteiger partial charge in [0, 0.05) is 24.4 Å². The second-order valence-corrected chi connectivity index (χ2v) is 6.65. The van der Waals surface area contributed by atoms with Crippen molar-refractivity contribution in [1.29, 1.82) is 0 Å². The Morgan fingerprint density at radius 3 is 2.71 bits per heavy atom. The summed E-state index contributed by atoms with van der Waals surface area (Å²) in [6, 6.07) is 8.85. The van der Waals surface area contributed by atoms with E-state index >= 15 is 0 Å². The number of aryl methyl sites for hydroxylation is 2. The van der Waals surface area contributed by atoms with Gasteiger partial charge in [-0.1, -0.05) is 6.07 Å². The van der Waals surface area contributed by atoms with Gasteiger partial charge in [0.15, 0.2) is 0 Å². The van der Waals surface area contributed by atoms with Crippen LogP contribution in [0.15, 0.2) is 30.3 Å². The van der Waals surface area contributed by atoms with Crippen molar-refractivity contribution >= 4 is 5.91 Å². The Hall–Kier alpha value is -3.29. The first kappa shape index (κ1) is 19.5. The van der Waals surface area contributed by atoms with Crippen LogP contribution in [0, 0.1) is 13.8 Å². The van der Waals surface area contributed by atoms with Crippen molar-refractivity contribution in [3.05, 3.63) is 58.7 Å². The summed E-state index contributed by atoms with van der Waals surface area (Å²) in [6.07, 6.45) is 0. The van der Waals surface area contributed by atoms with Crippen LogP contribution < -0.4 is 14.8 Å². The molecule has 0 spiro atoms. The molecule has 1 aromatic carbocycles. The van der Waals surface area contributed by atoms with Crippen LogP contribution in [-0.4, -0.2) is 33.0 Å². The molecule has 0 unspecified atom stereocenters. The summed E-state index contributed by atoms with van der Waals surface area (Å²) in [6.45, 7) is 6.13. The molecule has 0 saturated heterocycles. The van der Waals surface area contributed by atoms with Crippen LogP contribution in [0.1, 0.15) is 46.1 Å². The number of H-pyrrole nitrogens is 1. The second kappa shape index (κ2) is 8.16. The minimum atomic E-state index is -0.251. The van der Waals surface area contributed by atoms with Gasteiger partial charge in [-0.25, -0.2) is 0 Å². The van der Waals surface area contributed by atoms with Crippen molar-refractivity contribution in [1.82, 2.24) is 25.3 Å². The van der Waals surface area contributed by atoms with E-state index in [0.29, 0.717) is 17.1 Å². The number of aromatic nitrogens is 4. The van der Waals surface area contributed by atoms with Crippen molar-refractivity contribution in [2.24, 2.45) is 7.05 Å². The van der Waals surface area contributed by atoms with Crippen molar-refractivity contribution in [2.75, 3.05) is 7.11 Å². The van der Waals surface area contributed by atoms with E-state index in [4.69, 9.17) is 9.47 Å². The van der Waals surface area contributed by atoms with Crippen molar-refractivity contribution in [3.63, 3.8) is 0 Å². The maximum Gasteiger partial charge on any atom is 0.272 e. The Labute approximate surface area is 163 Å². The van der Waals surface area contributed by atoms with Gasteiger partial charge in [-0.15, -0.1) is 0 Å². The molecule has 1 amide bonds. The Morgan fingerprint density at radius 1 is 1.29 bits per heavy atom. The number of carbonyl (C=O) groups excluding carboxylic acids is 1. The lowest BCUT2D eigenvalue weighted by molar-refractivity contribution is 0.0934. The highest BCUT2D eigenvalue weighted by molar-refractivity contribution is 5.92. The van der Waals surface area contributed by atoms with E-state index in [2.05, 4.69) is 20.6 Å². The van der Waals surface area contributed by atoms with E-state index in [9.17, 15) is 4.79 Å². The fourth-order valence-corrected chi connectivity index (χ4v) is 3.16. The van der Waals surface area contributed by atoms with Crippen LogP contribution in [-0.2, 0) is 13.7 Å². The largest absolute Gasteiger partial charge is 0.497 e. The molecule has 28 heavy (non-hydrogen) atoms. The summed E-state index contributed by atoms with van der Waals surface area (Å²) in [5, 5.41) is 14.3. The Balaban J connectivity index is 1.62. The normalized spacial score (nSPS) is 11.9. The molecule has 1 atom stereocenters. The molecule has 2 N–H and O–H groups in total. The van der Waals surface area contributed by atoms with Crippen LogP contribution >= 0.6 is 0 Å². The lowest BCUT2D eigenvalue weighted by Gasteiger charge is -2.13. The molecule has 2 heterocycles. The molecule has 0 saturated carbocycles. The summed E-state index contributed by atoms with van der Waals surface area (Å²) in [5.41, 5.74) is 3.97. The maximum absolute atomic E-state index is 12.6. The lowest BCUT2D eigenvalue weighted by atomic mass is 10.1. The number of ether oxygens (including phenoxy) is 2. The number of nitrogens with zero attached hydrogens (tertiary/aromatic N) is 3. The highest BCUT2D eigenvalue weighted by Gasteiger charge is 2.20. The highest BCUT2D eigenvalue weighted by Crippen LogP contribution is 2.22. The van der Waals surface area contributed by atoms with Crippen LogP contribution in [0.5, 0.6) is 11.5 Å².